The highest BCUT2D eigenvalue weighted by atomic mass is 16.7. The summed E-state index contributed by atoms with van der Waals surface area (Å²) >= 11 is 0. The van der Waals surface area contributed by atoms with Crippen LogP contribution in [0.1, 0.15) is 27.7 Å². The van der Waals surface area contributed by atoms with Gasteiger partial charge in [0.25, 0.3) is 5.69 Å². The van der Waals surface area contributed by atoms with Crippen LogP contribution >= 0.6 is 0 Å². The standard InChI is InChI=1S/C26H35N3O15/c1-11(32)27(12(2)33)19-22(37)21(36)17(9-30)42-26(19)44-24-18(10-31)43-25(20(23(24)38)28(13(3)34)14(4)35)41-16-7-5-15(6-8-16)29(39)40/h5-8,17-26,30-31,36-38H,9-10H2,1-4H3/t17-,18-,19-,20-,21-,22-,23-,24-,25-,26+/m1/s1. The van der Waals surface area contributed by atoms with E-state index < -0.39 is 103 Å². The minimum atomic E-state index is -1.93. The molecule has 2 heterocycles. The molecule has 0 radical (unpaired) electrons. The van der Waals surface area contributed by atoms with Gasteiger partial charge in [-0.1, -0.05) is 0 Å². The van der Waals surface area contributed by atoms with Crippen LogP contribution in [0.2, 0.25) is 0 Å². The Morgan fingerprint density at radius 3 is 1.66 bits per heavy atom. The fourth-order valence-corrected chi connectivity index (χ4v) is 5.27. The lowest BCUT2D eigenvalue weighted by atomic mass is 9.93. The largest absolute Gasteiger partial charge is 0.463 e. The van der Waals surface area contributed by atoms with Crippen molar-refractivity contribution in [3.8, 4) is 5.75 Å². The van der Waals surface area contributed by atoms with Gasteiger partial charge in [0, 0.05) is 39.8 Å². The fraction of sp³-hybridized carbons (Fsp3) is 0.615. The SMILES string of the molecule is CC(=O)N(C(C)=O)[C@H]1[C@H](O[C@H]2[C@H](O)[C@@H](N(C(C)=O)C(C)=O)[C@H](Oc3ccc([N+](=O)[O-])cc3)O[C@@H]2CO)O[C@H](CO)[C@@H](O)[C@@H]1O. The number of nitro groups is 1. The van der Waals surface area contributed by atoms with Gasteiger partial charge in [0.1, 0.15) is 54.5 Å². The zero-order valence-corrected chi connectivity index (χ0v) is 24.2. The summed E-state index contributed by atoms with van der Waals surface area (Å²) in [6.07, 6.45) is -13.8. The Morgan fingerprint density at radius 2 is 1.23 bits per heavy atom. The van der Waals surface area contributed by atoms with Crippen molar-refractivity contribution in [3.05, 3.63) is 34.4 Å². The van der Waals surface area contributed by atoms with Crippen molar-refractivity contribution < 1.29 is 68.6 Å². The number of imide groups is 2. The molecule has 2 fully saturated rings. The van der Waals surface area contributed by atoms with Crippen molar-refractivity contribution in [3.63, 3.8) is 0 Å². The number of amides is 4. The maximum Gasteiger partial charge on any atom is 0.269 e. The number of non-ortho nitro benzene ring substituents is 1. The molecule has 3 rings (SSSR count). The minimum Gasteiger partial charge on any atom is -0.463 e. The molecule has 2 saturated heterocycles. The Bertz CT molecular complexity index is 1200. The second kappa shape index (κ2) is 14.4. The summed E-state index contributed by atoms with van der Waals surface area (Å²) in [5, 5.41) is 63.8. The van der Waals surface area contributed by atoms with Gasteiger partial charge >= 0.3 is 0 Å². The summed E-state index contributed by atoms with van der Waals surface area (Å²) in [5.74, 6) is -3.48. The third-order valence-corrected chi connectivity index (χ3v) is 7.21. The van der Waals surface area contributed by atoms with Gasteiger partial charge in [-0.25, -0.2) is 0 Å². The van der Waals surface area contributed by atoms with Crippen LogP contribution in [0.25, 0.3) is 0 Å². The first kappa shape index (κ1) is 34.9. The van der Waals surface area contributed by atoms with E-state index in [-0.39, 0.29) is 11.4 Å². The maximum atomic E-state index is 12.6. The number of benzene rings is 1. The van der Waals surface area contributed by atoms with Crippen LogP contribution in [0.5, 0.6) is 5.75 Å². The molecule has 0 spiro atoms. The van der Waals surface area contributed by atoms with Crippen molar-refractivity contribution >= 4 is 29.3 Å². The molecular weight excluding hydrogens is 594 g/mol. The van der Waals surface area contributed by atoms with E-state index in [4.69, 9.17) is 18.9 Å². The first-order chi connectivity index (χ1) is 20.6. The fourth-order valence-electron chi connectivity index (χ4n) is 5.27. The number of aliphatic hydroxyl groups is 5. The van der Waals surface area contributed by atoms with Gasteiger partial charge in [0.15, 0.2) is 6.29 Å². The number of aliphatic hydroxyl groups excluding tert-OH is 5. The molecule has 0 aliphatic carbocycles. The van der Waals surface area contributed by atoms with E-state index >= 15 is 0 Å². The molecule has 4 amide bonds. The van der Waals surface area contributed by atoms with Gasteiger partial charge in [-0.05, 0) is 12.1 Å². The molecule has 1 aromatic carbocycles. The van der Waals surface area contributed by atoms with E-state index in [1.807, 2.05) is 0 Å². The number of carbonyl (C=O) groups is 4. The van der Waals surface area contributed by atoms with Crippen molar-refractivity contribution in [1.82, 2.24) is 9.80 Å². The molecule has 18 heteroatoms. The number of nitro benzene ring substituents is 1. The van der Waals surface area contributed by atoms with Gasteiger partial charge < -0.3 is 44.5 Å². The van der Waals surface area contributed by atoms with Crippen LogP contribution in [0, 0.1) is 10.1 Å². The Morgan fingerprint density at radius 1 is 0.773 bits per heavy atom. The van der Waals surface area contributed by atoms with E-state index in [1.54, 1.807) is 0 Å². The van der Waals surface area contributed by atoms with Gasteiger partial charge in [-0.2, -0.15) is 0 Å². The van der Waals surface area contributed by atoms with Crippen LogP contribution in [0.15, 0.2) is 24.3 Å². The predicted molar refractivity (Wildman–Crippen MR) is 142 cm³/mol. The van der Waals surface area contributed by atoms with Gasteiger partial charge in [0.05, 0.1) is 18.1 Å². The zero-order chi connectivity index (χ0) is 33.0. The van der Waals surface area contributed by atoms with Gasteiger partial charge in [-0.15, -0.1) is 0 Å². The summed E-state index contributed by atoms with van der Waals surface area (Å²) in [6, 6.07) is 1.23. The van der Waals surface area contributed by atoms with Crippen molar-refractivity contribution in [2.45, 2.75) is 89.0 Å². The van der Waals surface area contributed by atoms with Gasteiger partial charge in [0.2, 0.25) is 29.9 Å². The first-order valence-electron chi connectivity index (χ1n) is 13.4. The monoisotopic (exact) mass is 629 g/mol. The second-order valence-corrected chi connectivity index (χ2v) is 10.2. The smallest absolute Gasteiger partial charge is 0.269 e. The van der Waals surface area contributed by atoms with Crippen LogP contribution in [-0.2, 0) is 33.4 Å². The molecule has 244 valence electrons. The van der Waals surface area contributed by atoms with E-state index in [9.17, 15) is 54.8 Å². The Kier molecular flexibility index (Phi) is 11.4. The topological polar surface area (TPSA) is 256 Å². The lowest BCUT2D eigenvalue weighted by Crippen LogP contribution is -2.71. The average molecular weight is 630 g/mol. The van der Waals surface area contributed by atoms with E-state index in [2.05, 4.69) is 0 Å². The molecule has 10 atom stereocenters. The molecule has 2 aliphatic heterocycles. The van der Waals surface area contributed by atoms with Crippen LogP contribution in [0.3, 0.4) is 0 Å². The highest BCUT2D eigenvalue weighted by Crippen LogP contribution is 2.34. The van der Waals surface area contributed by atoms with Crippen molar-refractivity contribution in [1.29, 1.82) is 0 Å². The van der Waals surface area contributed by atoms with Crippen molar-refractivity contribution in [2.75, 3.05) is 13.2 Å². The summed E-state index contributed by atoms with van der Waals surface area (Å²) in [4.78, 5) is 61.4. The number of hydrogen-bond acceptors (Lipinski definition) is 15. The molecule has 0 bridgehead atoms. The highest BCUT2D eigenvalue weighted by Gasteiger charge is 2.55. The number of hydrogen-bond donors (Lipinski definition) is 5. The third-order valence-electron chi connectivity index (χ3n) is 7.21. The molecular formula is C26H35N3O15. The Balaban J connectivity index is 2.05. The van der Waals surface area contributed by atoms with Gasteiger partial charge in [-0.3, -0.25) is 39.1 Å². The molecule has 18 nitrogen and oxygen atoms in total. The molecule has 0 aromatic heterocycles. The number of carbonyl (C=O) groups excluding carboxylic acids is 4. The lowest BCUT2D eigenvalue weighted by Gasteiger charge is -2.50. The summed E-state index contributed by atoms with van der Waals surface area (Å²) in [5.41, 5.74) is -0.269. The highest BCUT2D eigenvalue weighted by molar-refractivity contribution is 5.94. The quantitative estimate of drug-likeness (QED) is 0.139. The van der Waals surface area contributed by atoms with Crippen LogP contribution in [-0.4, -0.2) is 138 Å². The van der Waals surface area contributed by atoms with E-state index in [0.29, 0.717) is 9.80 Å². The second-order valence-electron chi connectivity index (χ2n) is 10.2. The molecule has 0 unspecified atom stereocenters. The third kappa shape index (κ3) is 7.19. The molecule has 0 saturated carbocycles. The average Bonchev–Trinajstić information content (AvgIpc) is 2.94. The maximum absolute atomic E-state index is 12.6. The first-order valence-corrected chi connectivity index (χ1v) is 13.4. The van der Waals surface area contributed by atoms with Crippen molar-refractivity contribution in [2.24, 2.45) is 0 Å². The van der Waals surface area contributed by atoms with E-state index in [1.165, 1.54) is 12.1 Å². The normalized spacial score (nSPS) is 31.9. The lowest BCUT2D eigenvalue weighted by molar-refractivity contribution is -0.384. The molecule has 44 heavy (non-hydrogen) atoms. The number of rotatable bonds is 9. The summed E-state index contributed by atoms with van der Waals surface area (Å²) < 4.78 is 23.1. The zero-order valence-electron chi connectivity index (χ0n) is 24.2. The molecule has 1 aromatic rings. The number of nitrogens with zero attached hydrogens (tertiary/aromatic N) is 3. The summed E-state index contributed by atoms with van der Waals surface area (Å²) in [6.45, 7) is 2.33. The minimum absolute atomic E-state index is 0.0296. The summed E-state index contributed by atoms with van der Waals surface area (Å²) in [7, 11) is 0. The van der Waals surface area contributed by atoms with Crippen LogP contribution in [0.4, 0.5) is 5.69 Å². The molecule has 5 N–H and O–H groups in total. The Hall–Kier alpha value is -3.62. The predicted octanol–water partition coefficient (Wildman–Crippen LogP) is -2.60. The number of ether oxygens (including phenoxy) is 4. The Labute approximate surface area is 250 Å². The van der Waals surface area contributed by atoms with Crippen LogP contribution < -0.4 is 4.74 Å². The van der Waals surface area contributed by atoms with E-state index in [0.717, 1.165) is 39.8 Å². The molecule has 2 aliphatic rings.